The Morgan fingerprint density at radius 1 is 1.11 bits per heavy atom. The number of halogens is 1. The minimum Gasteiger partial charge on any atom is -0.507 e. The Balaban J connectivity index is 2.12. The van der Waals surface area contributed by atoms with Crippen molar-refractivity contribution in [1.29, 1.82) is 0 Å². The molecule has 0 saturated carbocycles. The number of aliphatic hydroxyl groups excluding tert-OH is 1. The molecular weight excluding hydrogens is 361 g/mol. The summed E-state index contributed by atoms with van der Waals surface area (Å²) in [6, 6.07) is 11.9. The third kappa shape index (κ3) is 3.68. The molecule has 1 unspecified atom stereocenters. The van der Waals surface area contributed by atoms with Gasteiger partial charge in [-0.15, -0.1) is 0 Å². The zero-order valence-electron chi connectivity index (χ0n) is 15.8. The van der Waals surface area contributed by atoms with Crippen molar-refractivity contribution in [2.45, 2.75) is 19.4 Å². The molecule has 1 saturated heterocycles. The molecule has 6 heteroatoms. The first-order chi connectivity index (χ1) is 13.5. The molecule has 1 atom stereocenters. The number of likely N-dealkylation sites (tertiary alicyclic amines) is 1. The Kier molecular flexibility index (Phi) is 5.90. The summed E-state index contributed by atoms with van der Waals surface area (Å²) in [5.74, 6) is -2.14. The molecule has 1 aliphatic heterocycles. The van der Waals surface area contributed by atoms with Gasteiger partial charge >= 0.3 is 0 Å². The van der Waals surface area contributed by atoms with E-state index in [0.29, 0.717) is 11.1 Å². The van der Waals surface area contributed by atoms with E-state index in [-0.39, 0.29) is 24.5 Å². The van der Waals surface area contributed by atoms with Crippen molar-refractivity contribution >= 4 is 17.4 Å². The second-order valence-corrected chi connectivity index (χ2v) is 6.59. The van der Waals surface area contributed by atoms with Gasteiger partial charge in [0.25, 0.3) is 11.7 Å². The molecule has 1 fully saturated rings. The summed E-state index contributed by atoms with van der Waals surface area (Å²) in [5, 5.41) is 10.9. The summed E-state index contributed by atoms with van der Waals surface area (Å²) in [6.45, 7) is 2.43. The minimum atomic E-state index is -0.804. The van der Waals surface area contributed by atoms with E-state index >= 15 is 0 Å². The molecule has 0 radical (unpaired) electrons. The van der Waals surface area contributed by atoms with Crippen LogP contribution in [0.25, 0.3) is 5.76 Å². The number of Topliss-reactive ketones (excluding diaryl/α,β-unsaturated/α-hetero) is 1. The molecule has 1 aliphatic rings. The summed E-state index contributed by atoms with van der Waals surface area (Å²) in [7, 11) is 1.50. The van der Waals surface area contributed by atoms with Crippen LogP contribution in [-0.4, -0.2) is 42.0 Å². The highest BCUT2D eigenvalue weighted by Gasteiger charge is 2.45. The first-order valence-electron chi connectivity index (χ1n) is 9.10. The second kappa shape index (κ2) is 8.35. The van der Waals surface area contributed by atoms with Crippen molar-refractivity contribution in [3.05, 3.63) is 76.6 Å². The third-order valence-corrected chi connectivity index (χ3v) is 4.90. The van der Waals surface area contributed by atoms with E-state index in [0.717, 1.165) is 12.0 Å². The smallest absolute Gasteiger partial charge is 0.295 e. The van der Waals surface area contributed by atoms with E-state index in [4.69, 9.17) is 4.74 Å². The number of carbonyl (C=O) groups is 2. The molecule has 1 heterocycles. The lowest BCUT2D eigenvalue weighted by atomic mass is 9.95. The number of aryl methyl sites for hydroxylation is 1. The maximum Gasteiger partial charge on any atom is 0.295 e. The number of hydrogen-bond donors (Lipinski definition) is 1. The lowest BCUT2D eigenvalue weighted by Gasteiger charge is -2.25. The number of rotatable bonds is 6. The van der Waals surface area contributed by atoms with Crippen molar-refractivity contribution in [3.63, 3.8) is 0 Å². The first kappa shape index (κ1) is 19.8. The molecule has 2 aromatic rings. The predicted octanol–water partition coefficient (Wildman–Crippen LogP) is 3.46. The van der Waals surface area contributed by atoms with E-state index in [1.54, 1.807) is 12.1 Å². The fourth-order valence-electron chi connectivity index (χ4n) is 3.35. The quantitative estimate of drug-likeness (QED) is 0.471. The van der Waals surface area contributed by atoms with Gasteiger partial charge in [-0.3, -0.25) is 9.59 Å². The van der Waals surface area contributed by atoms with Gasteiger partial charge in [0.1, 0.15) is 11.6 Å². The highest BCUT2D eigenvalue weighted by Crippen LogP contribution is 2.39. The normalized spacial score (nSPS) is 18.7. The molecule has 0 bridgehead atoms. The van der Waals surface area contributed by atoms with Gasteiger partial charge in [-0.05, 0) is 29.7 Å². The number of carbonyl (C=O) groups excluding carboxylic acids is 2. The summed E-state index contributed by atoms with van der Waals surface area (Å²) in [6.07, 6.45) is 0.845. The van der Waals surface area contributed by atoms with Gasteiger partial charge in [0.2, 0.25) is 0 Å². The molecule has 0 aliphatic carbocycles. The van der Waals surface area contributed by atoms with E-state index in [2.05, 4.69) is 0 Å². The van der Waals surface area contributed by atoms with E-state index < -0.39 is 23.5 Å². The number of amides is 1. The summed E-state index contributed by atoms with van der Waals surface area (Å²) in [5.41, 5.74) is 2.08. The average Bonchev–Trinajstić information content (AvgIpc) is 2.97. The van der Waals surface area contributed by atoms with Crippen molar-refractivity contribution in [2.75, 3.05) is 20.3 Å². The molecule has 1 N–H and O–H groups in total. The lowest BCUT2D eigenvalue weighted by Crippen LogP contribution is -2.32. The molecule has 1 amide bonds. The van der Waals surface area contributed by atoms with Crippen LogP contribution in [0.4, 0.5) is 4.39 Å². The first-order valence-corrected chi connectivity index (χ1v) is 9.10. The summed E-state index contributed by atoms with van der Waals surface area (Å²) in [4.78, 5) is 26.7. The molecule has 28 heavy (non-hydrogen) atoms. The average molecular weight is 383 g/mol. The Hall–Kier alpha value is -2.99. The molecule has 0 spiro atoms. The van der Waals surface area contributed by atoms with Crippen LogP contribution in [0.5, 0.6) is 0 Å². The maximum atomic E-state index is 13.4. The van der Waals surface area contributed by atoms with Crippen LogP contribution in [0, 0.1) is 5.82 Å². The minimum absolute atomic E-state index is 0.00282. The molecule has 5 nitrogen and oxygen atoms in total. The zero-order chi connectivity index (χ0) is 20.3. The van der Waals surface area contributed by atoms with Crippen molar-refractivity contribution in [1.82, 2.24) is 4.90 Å². The monoisotopic (exact) mass is 383 g/mol. The lowest BCUT2D eigenvalue weighted by molar-refractivity contribution is -0.140. The second-order valence-electron chi connectivity index (χ2n) is 6.59. The van der Waals surface area contributed by atoms with Crippen LogP contribution >= 0.6 is 0 Å². The van der Waals surface area contributed by atoms with E-state index in [1.165, 1.54) is 36.3 Å². The highest BCUT2D eigenvalue weighted by molar-refractivity contribution is 6.46. The van der Waals surface area contributed by atoms with E-state index in [1.807, 2.05) is 19.1 Å². The third-order valence-electron chi connectivity index (χ3n) is 4.90. The molecular formula is C22H22FNO4. The van der Waals surface area contributed by atoms with Crippen molar-refractivity contribution < 1.29 is 23.8 Å². The van der Waals surface area contributed by atoms with Crippen LogP contribution in [-0.2, 0) is 20.7 Å². The van der Waals surface area contributed by atoms with Crippen molar-refractivity contribution in [2.24, 2.45) is 0 Å². The highest BCUT2D eigenvalue weighted by atomic mass is 19.1. The van der Waals surface area contributed by atoms with Gasteiger partial charge < -0.3 is 14.7 Å². The Labute approximate surface area is 163 Å². The number of nitrogens with zero attached hydrogens (tertiary/aromatic N) is 1. The largest absolute Gasteiger partial charge is 0.507 e. The Bertz CT molecular complexity index is 903. The van der Waals surface area contributed by atoms with Crippen LogP contribution < -0.4 is 0 Å². The van der Waals surface area contributed by atoms with Gasteiger partial charge in [0, 0.05) is 19.2 Å². The van der Waals surface area contributed by atoms with Gasteiger partial charge in [-0.2, -0.15) is 0 Å². The number of methoxy groups -OCH3 is 1. The standard InChI is InChI=1S/C22H22FNO4/c1-3-14-4-6-16(7-5-14)20(25)18-19(15-8-10-17(23)11-9-15)24(12-13-28-2)22(27)21(18)26/h4-11,19,25H,3,12-13H2,1-2H3/b20-18-. The molecule has 3 rings (SSSR count). The number of ether oxygens (including phenoxy) is 1. The van der Waals surface area contributed by atoms with Crippen LogP contribution in [0.3, 0.4) is 0 Å². The number of hydrogen-bond acceptors (Lipinski definition) is 4. The fourth-order valence-corrected chi connectivity index (χ4v) is 3.35. The van der Waals surface area contributed by atoms with Gasteiger partial charge in [-0.1, -0.05) is 43.3 Å². The van der Waals surface area contributed by atoms with Crippen molar-refractivity contribution in [3.8, 4) is 0 Å². The van der Waals surface area contributed by atoms with Gasteiger partial charge in [-0.25, -0.2) is 4.39 Å². The number of benzene rings is 2. The zero-order valence-corrected chi connectivity index (χ0v) is 15.8. The van der Waals surface area contributed by atoms with Crippen LogP contribution in [0.15, 0.2) is 54.1 Å². The fraction of sp³-hybridized carbons (Fsp3) is 0.273. The van der Waals surface area contributed by atoms with E-state index in [9.17, 15) is 19.1 Å². The van der Waals surface area contributed by atoms with Crippen LogP contribution in [0.2, 0.25) is 0 Å². The number of aliphatic hydroxyl groups is 1. The van der Waals surface area contributed by atoms with Gasteiger partial charge in [0.15, 0.2) is 0 Å². The maximum absolute atomic E-state index is 13.4. The SMILES string of the molecule is CCc1ccc(/C(O)=C2/C(=O)C(=O)N(CCOC)C2c2ccc(F)cc2)cc1. The Morgan fingerprint density at radius 2 is 1.75 bits per heavy atom. The molecule has 0 aromatic heterocycles. The number of ketones is 1. The van der Waals surface area contributed by atoms with Crippen LogP contribution in [0.1, 0.15) is 29.7 Å². The van der Waals surface area contributed by atoms with Gasteiger partial charge in [0.05, 0.1) is 18.2 Å². The molecule has 146 valence electrons. The molecule has 2 aromatic carbocycles. The summed E-state index contributed by atoms with van der Waals surface area (Å²) < 4.78 is 18.4. The summed E-state index contributed by atoms with van der Waals surface area (Å²) >= 11 is 0. The topological polar surface area (TPSA) is 66.8 Å². The Morgan fingerprint density at radius 3 is 2.32 bits per heavy atom. The predicted molar refractivity (Wildman–Crippen MR) is 103 cm³/mol.